The standard InChI is InChI=1S/C19H24N2O2S/c1-15-5-3-4-6-16(15)13-20-9-11-21(12-10-20)19(22)18-8-7-17(23-18)14-24-2/h3-8H,9-14H2,1-2H3. The molecule has 0 saturated carbocycles. The van der Waals surface area contributed by atoms with Crippen LogP contribution in [0.25, 0.3) is 0 Å². The first-order valence-electron chi connectivity index (χ1n) is 8.31. The summed E-state index contributed by atoms with van der Waals surface area (Å²) >= 11 is 1.69. The van der Waals surface area contributed by atoms with E-state index in [0.717, 1.165) is 44.2 Å². The van der Waals surface area contributed by atoms with E-state index in [9.17, 15) is 4.79 Å². The fraction of sp³-hybridized carbons (Fsp3) is 0.421. The minimum atomic E-state index is 0.0119. The van der Waals surface area contributed by atoms with Gasteiger partial charge in [0, 0.05) is 32.7 Å². The smallest absolute Gasteiger partial charge is 0.289 e. The van der Waals surface area contributed by atoms with E-state index in [1.54, 1.807) is 17.8 Å². The van der Waals surface area contributed by atoms with Crippen LogP contribution in [-0.2, 0) is 12.3 Å². The van der Waals surface area contributed by atoms with Gasteiger partial charge in [-0.2, -0.15) is 11.8 Å². The Morgan fingerprint density at radius 1 is 1.12 bits per heavy atom. The molecule has 1 aromatic carbocycles. The largest absolute Gasteiger partial charge is 0.455 e. The van der Waals surface area contributed by atoms with Crippen molar-refractivity contribution in [1.29, 1.82) is 0 Å². The van der Waals surface area contributed by atoms with Gasteiger partial charge in [0.25, 0.3) is 5.91 Å². The summed E-state index contributed by atoms with van der Waals surface area (Å²) in [6.45, 7) is 6.41. The van der Waals surface area contributed by atoms with Crippen LogP contribution in [0.5, 0.6) is 0 Å². The van der Waals surface area contributed by atoms with E-state index in [-0.39, 0.29) is 5.91 Å². The highest BCUT2D eigenvalue weighted by Gasteiger charge is 2.24. The second kappa shape index (κ2) is 7.90. The fourth-order valence-corrected chi connectivity index (χ4v) is 3.45. The highest BCUT2D eigenvalue weighted by atomic mass is 32.2. The third kappa shape index (κ3) is 4.02. The SMILES string of the molecule is CSCc1ccc(C(=O)N2CCN(Cc3ccccc3C)CC2)o1. The Hall–Kier alpha value is -1.72. The van der Waals surface area contributed by atoms with Gasteiger partial charge in [0.2, 0.25) is 0 Å². The summed E-state index contributed by atoms with van der Waals surface area (Å²) in [7, 11) is 0. The lowest BCUT2D eigenvalue weighted by atomic mass is 10.1. The molecule has 3 rings (SSSR count). The number of benzene rings is 1. The molecule has 1 saturated heterocycles. The van der Waals surface area contributed by atoms with Crippen molar-refractivity contribution in [2.75, 3.05) is 32.4 Å². The van der Waals surface area contributed by atoms with Crippen molar-refractivity contribution in [2.45, 2.75) is 19.2 Å². The molecular formula is C19H24N2O2S. The zero-order valence-corrected chi connectivity index (χ0v) is 15.1. The van der Waals surface area contributed by atoms with Crippen LogP contribution in [0.3, 0.4) is 0 Å². The van der Waals surface area contributed by atoms with Gasteiger partial charge in [0.1, 0.15) is 5.76 Å². The molecule has 128 valence electrons. The number of thioether (sulfide) groups is 1. The van der Waals surface area contributed by atoms with E-state index in [1.165, 1.54) is 11.1 Å². The molecule has 24 heavy (non-hydrogen) atoms. The molecule has 5 heteroatoms. The summed E-state index contributed by atoms with van der Waals surface area (Å²) in [6.07, 6.45) is 2.03. The number of hydrogen-bond donors (Lipinski definition) is 0. The van der Waals surface area contributed by atoms with Gasteiger partial charge in [-0.3, -0.25) is 9.69 Å². The number of carbonyl (C=O) groups is 1. The molecule has 1 aliphatic rings. The molecule has 0 atom stereocenters. The molecule has 1 aliphatic heterocycles. The molecule has 0 radical (unpaired) electrons. The zero-order chi connectivity index (χ0) is 16.9. The van der Waals surface area contributed by atoms with E-state index in [2.05, 4.69) is 36.1 Å². The second-order valence-electron chi connectivity index (χ2n) is 6.19. The molecule has 4 nitrogen and oxygen atoms in total. The first-order valence-corrected chi connectivity index (χ1v) is 9.70. The Morgan fingerprint density at radius 2 is 1.88 bits per heavy atom. The topological polar surface area (TPSA) is 36.7 Å². The highest BCUT2D eigenvalue weighted by Crippen LogP contribution is 2.17. The average Bonchev–Trinajstić information content (AvgIpc) is 3.06. The van der Waals surface area contributed by atoms with Crippen molar-refractivity contribution in [3.63, 3.8) is 0 Å². The number of aryl methyl sites for hydroxylation is 1. The van der Waals surface area contributed by atoms with Crippen molar-refractivity contribution in [2.24, 2.45) is 0 Å². The first kappa shape index (κ1) is 17.1. The van der Waals surface area contributed by atoms with Gasteiger partial charge in [0.05, 0.1) is 5.75 Å². The maximum absolute atomic E-state index is 12.5. The van der Waals surface area contributed by atoms with E-state index in [0.29, 0.717) is 5.76 Å². The molecule has 0 aliphatic carbocycles. The molecular weight excluding hydrogens is 320 g/mol. The Morgan fingerprint density at radius 3 is 2.58 bits per heavy atom. The second-order valence-corrected chi connectivity index (χ2v) is 7.06. The highest BCUT2D eigenvalue weighted by molar-refractivity contribution is 7.97. The van der Waals surface area contributed by atoms with Gasteiger partial charge in [0.15, 0.2) is 5.76 Å². The van der Waals surface area contributed by atoms with E-state index >= 15 is 0 Å². The number of nitrogens with zero attached hydrogens (tertiary/aromatic N) is 2. The Bertz CT molecular complexity index is 690. The monoisotopic (exact) mass is 344 g/mol. The van der Waals surface area contributed by atoms with E-state index < -0.39 is 0 Å². The molecule has 0 N–H and O–H groups in total. The van der Waals surface area contributed by atoms with Crippen molar-refractivity contribution in [1.82, 2.24) is 9.80 Å². The van der Waals surface area contributed by atoms with Crippen LogP contribution in [-0.4, -0.2) is 48.1 Å². The number of amides is 1. The summed E-state index contributed by atoms with van der Waals surface area (Å²) in [5.74, 6) is 2.14. The first-order chi connectivity index (χ1) is 11.7. The van der Waals surface area contributed by atoms with Crippen LogP contribution in [0, 0.1) is 6.92 Å². The number of carbonyl (C=O) groups excluding carboxylic acids is 1. The van der Waals surface area contributed by atoms with Crippen LogP contribution in [0.1, 0.15) is 27.4 Å². The third-order valence-corrected chi connectivity index (χ3v) is 5.05. The summed E-state index contributed by atoms with van der Waals surface area (Å²) in [5.41, 5.74) is 2.69. The van der Waals surface area contributed by atoms with Gasteiger partial charge in [-0.25, -0.2) is 0 Å². The molecule has 0 unspecified atom stereocenters. The predicted octanol–water partition coefficient (Wildman–Crippen LogP) is 3.41. The van der Waals surface area contributed by atoms with Crippen LogP contribution in [0.15, 0.2) is 40.8 Å². The number of furan rings is 1. The molecule has 1 amide bonds. The summed E-state index contributed by atoms with van der Waals surface area (Å²) in [5, 5.41) is 0. The van der Waals surface area contributed by atoms with Gasteiger partial charge >= 0.3 is 0 Å². The van der Waals surface area contributed by atoms with E-state index in [4.69, 9.17) is 4.42 Å². The van der Waals surface area contributed by atoms with Crippen molar-refractivity contribution >= 4 is 17.7 Å². The summed E-state index contributed by atoms with van der Waals surface area (Å²) in [6, 6.07) is 12.2. The lowest BCUT2D eigenvalue weighted by Crippen LogP contribution is -2.48. The third-order valence-electron chi connectivity index (χ3n) is 4.47. The molecule has 1 fully saturated rings. The minimum Gasteiger partial charge on any atom is -0.455 e. The molecule has 0 bridgehead atoms. The maximum atomic E-state index is 12.5. The number of rotatable bonds is 5. The van der Waals surface area contributed by atoms with Crippen molar-refractivity contribution < 1.29 is 9.21 Å². The van der Waals surface area contributed by atoms with Crippen molar-refractivity contribution in [3.8, 4) is 0 Å². The van der Waals surface area contributed by atoms with Gasteiger partial charge in [-0.05, 0) is 36.4 Å². The predicted molar refractivity (Wildman–Crippen MR) is 98.3 cm³/mol. The summed E-state index contributed by atoms with van der Waals surface area (Å²) in [4.78, 5) is 16.9. The Labute approximate surface area is 147 Å². The molecule has 0 spiro atoms. The fourth-order valence-electron chi connectivity index (χ4n) is 3.01. The van der Waals surface area contributed by atoms with Gasteiger partial charge < -0.3 is 9.32 Å². The lowest BCUT2D eigenvalue weighted by molar-refractivity contribution is 0.0596. The Kier molecular flexibility index (Phi) is 5.63. The molecule has 1 aromatic heterocycles. The number of piperazine rings is 1. The number of hydrogen-bond acceptors (Lipinski definition) is 4. The zero-order valence-electron chi connectivity index (χ0n) is 14.3. The average molecular weight is 344 g/mol. The van der Waals surface area contributed by atoms with Crippen LogP contribution in [0.2, 0.25) is 0 Å². The maximum Gasteiger partial charge on any atom is 0.289 e. The van der Waals surface area contributed by atoms with Crippen LogP contribution in [0.4, 0.5) is 0 Å². The normalized spacial score (nSPS) is 15.7. The quantitative estimate of drug-likeness (QED) is 0.833. The van der Waals surface area contributed by atoms with Gasteiger partial charge in [-0.1, -0.05) is 24.3 Å². The van der Waals surface area contributed by atoms with Gasteiger partial charge in [-0.15, -0.1) is 0 Å². The Balaban J connectivity index is 1.54. The summed E-state index contributed by atoms with van der Waals surface area (Å²) < 4.78 is 5.65. The minimum absolute atomic E-state index is 0.0119. The van der Waals surface area contributed by atoms with Crippen LogP contribution >= 0.6 is 11.8 Å². The molecule has 2 aromatic rings. The van der Waals surface area contributed by atoms with Crippen molar-refractivity contribution in [3.05, 3.63) is 59.0 Å². The molecule has 2 heterocycles. The van der Waals surface area contributed by atoms with Crippen LogP contribution < -0.4 is 0 Å². The van der Waals surface area contributed by atoms with E-state index in [1.807, 2.05) is 17.2 Å². The lowest BCUT2D eigenvalue weighted by Gasteiger charge is -2.34.